The Morgan fingerprint density at radius 1 is 0.716 bits per heavy atom. The van der Waals surface area contributed by atoms with Crippen LogP contribution < -0.4 is 5.73 Å². The minimum Gasteiger partial charge on any atom is -0.676 e. The highest BCUT2D eigenvalue weighted by Crippen LogP contribution is 2.38. The molecule has 21 nitrogen and oxygen atoms in total. The molecule has 0 aromatic heterocycles. The zero-order valence-electron chi connectivity index (χ0n) is 43.2. The van der Waals surface area contributed by atoms with Gasteiger partial charge in [-0.15, -0.1) is 6.54 Å². The molecule has 4 rings (SSSR count). The average Bonchev–Trinajstić information content (AvgIpc) is 3.33. The number of morpholine rings is 1. The lowest BCUT2D eigenvalue weighted by Crippen LogP contribution is -2.61. The fourth-order valence-electron chi connectivity index (χ4n) is 8.95. The number of carbonyl (C=O) groups is 2. The SMILES string of the molecule is C[C@@H]1[C@H](O)[C@@H](C)/C=C/C=C/C=C/C=C/C=C/C=C/C=C/[C@H](O[C@@H]2O[C@H](C)[C@@H](O)[C@H](N)[C@@H]2O)C[C@@H]2O[C@](O)(C[C@@H](O)C[C@@H](O)[C@H](O)CC[C@@H](O)C[C@@H](O)CC(=O)O[C@H]1C)C[C@H](O)[C@H]2C(=O)O.[NH-]CCN1CCOCC1. The van der Waals surface area contributed by atoms with E-state index >= 15 is 0 Å². The summed E-state index contributed by atoms with van der Waals surface area (Å²) in [6.07, 6.45) is 3.46. The first-order chi connectivity index (χ1) is 35.0. The van der Waals surface area contributed by atoms with Gasteiger partial charge in [0.15, 0.2) is 12.1 Å². The van der Waals surface area contributed by atoms with E-state index in [1.165, 1.54) is 13.0 Å². The summed E-state index contributed by atoms with van der Waals surface area (Å²) in [5.41, 5.74) is 13.0. The third-order valence-corrected chi connectivity index (χ3v) is 13.6. The monoisotopic (exact) mass is 1050 g/mol. The number of carbonyl (C=O) groups excluding carboxylic acids is 1. The Bertz CT molecular complexity index is 1840. The van der Waals surface area contributed by atoms with Crippen LogP contribution in [0, 0.1) is 17.8 Å². The van der Waals surface area contributed by atoms with Crippen LogP contribution in [0.15, 0.2) is 85.1 Å². The number of rotatable bonds is 5. The van der Waals surface area contributed by atoms with E-state index in [1.54, 1.807) is 80.7 Å². The molecule has 4 aliphatic rings. The van der Waals surface area contributed by atoms with Crippen LogP contribution in [-0.2, 0) is 33.3 Å². The number of cyclic esters (lactones) is 1. The number of allylic oxidation sites excluding steroid dienone is 12. The first-order valence-corrected chi connectivity index (χ1v) is 25.7. The number of aliphatic hydroxyl groups excluding tert-OH is 9. The molecule has 0 unspecified atom stereocenters. The molecule has 74 heavy (non-hydrogen) atoms. The molecule has 0 spiro atoms. The lowest BCUT2D eigenvalue weighted by Gasteiger charge is -2.45. The molecule has 4 aliphatic heterocycles. The van der Waals surface area contributed by atoms with Crippen molar-refractivity contribution in [3.63, 3.8) is 0 Å². The standard InChI is InChI=1S/C47H73NO17.C6H13N2O/c1-27-17-15-13-11-9-7-5-6-8-10-12-14-16-18-34(64-46-44(58)41(48)43(57)30(4)63-46)24-38-40(45(59)60)37(54)26-47(61,65-38)25-33(51)22-36(53)35(52)20-19-31(49)21-32(50)23-39(55)62-29(3)28(2)42(27)56;7-1-2-8-3-5-9-6-4-8/h5-18,27-38,40-44,46,49-54,56-58,61H,19-26,48H2,1-4H3,(H,59,60);7H,1-6H2/q;-1/b6-5+,9-7+,10-8+,13-11+,14-12+,17-15+,18-16+;/t27-,28-,29-,30+,31+,32+,33-,34-,35+,36+,37-,38-,40+,41-,42+,43+,44-,46-,47+;/m0./s1. The van der Waals surface area contributed by atoms with E-state index in [0.29, 0.717) is 6.54 Å². The van der Waals surface area contributed by atoms with Crippen molar-refractivity contribution in [3.8, 4) is 0 Å². The van der Waals surface area contributed by atoms with Gasteiger partial charge in [0.05, 0.1) is 92.8 Å². The Labute approximate surface area is 435 Å². The number of nitrogens with zero attached hydrogens (tertiary/aromatic N) is 1. The first kappa shape index (κ1) is 64.7. The molecule has 0 amide bonds. The van der Waals surface area contributed by atoms with Gasteiger partial charge in [0.25, 0.3) is 0 Å². The number of nitrogens with two attached hydrogens (primary N) is 1. The van der Waals surface area contributed by atoms with E-state index in [9.17, 15) is 65.8 Å². The molecule has 3 saturated heterocycles. The topological polar surface area (TPSA) is 356 Å². The van der Waals surface area contributed by atoms with Crippen molar-refractivity contribution in [1.29, 1.82) is 0 Å². The first-order valence-electron chi connectivity index (χ1n) is 25.7. The van der Waals surface area contributed by atoms with Gasteiger partial charge in [-0.05, 0) is 39.7 Å². The van der Waals surface area contributed by atoms with Gasteiger partial charge in [0, 0.05) is 50.6 Å². The van der Waals surface area contributed by atoms with Crippen molar-refractivity contribution in [2.45, 2.75) is 177 Å². The van der Waals surface area contributed by atoms with E-state index in [1.807, 2.05) is 19.1 Å². The molecule has 0 radical (unpaired) electrons. The zero-order chi connectivity index (χ0) is 55.0. The predicted octanol–water partition coefficient (Wildman–Crippen LogP) is 1.08. The maximum atomic E-state index is 12.6. The van der Waals surface area contributed by atoms with Crippen LogP contribution in [0.25, 0.3) is 5.73 Å². The number of aliphatic hydroxyl groups is 10. The molecular weight excluding hydrogens is 967 g/mol. The van der Waals surface area contributed by atoms with Gasteiger partial charge in [-0.2, -0.15) is 0 Å². The van der Waals surface area contributed by atoms with Gasteiger partial charge in [-0.1, -0.05) is 98.9 Å². The molecule has 3 fully saturated rings. The number of hydrogen-bond acceptors (Lipinski definition) is 19. The number of fused-ring (bicyclic) bond motifs is 2. The smallest absolute Gasteiger partial charge is 0.311 e. The second kappa shape index (κ2) is 33.6. The number of carboxylic acid groups (broad SMARTS) is 1. The summed E-state index contributed by atoms with van der Waals surface area (Å²) in [6, 6.07) is -1.15. The number of aliphatic carboxylic acids is 1. The van der Waals surface area contributed by atoms with Crippen molar-refractivity contribution in [1.82, 2.24) is 4.90 Å². The van der Waals surface area contributed by atoms with Crippen LogP contribution in [0.4, 0.5) is 0 Å². The Balaban J connectivity index is 0.00000144. The van der Waals surface area contributed by atoms with Crippen molar-refractivity contribution in [2.75, 3.05) is 39.4 Å². The number of hydrogen-bond donors (Lipinski definition) is 12. The number of nitrogens with one attached hydrogen (secondary N) is 1. The van der Waals surface area contributed by atoms with Crippen LogP contribution in [0.3, 0.4) is 0 Å². The largest absolute Gasteiger partial charge is 0.676 e. The second-order valence-electron chi connectivity index (χ2n) is 19.8. The summed E-state index contributed by atoms with van der Waals surface area (Å²) < 4.78 is 28.3. The Hall–Kier alpha value is -3.56. The highest BCUT2D eigenvalue weighted by Gasteiger charge is 2.51. The quantitative estimate of drug-likeness (QED) is 0.171. The van der Waals surface area contributed by atoms with Crippen molar-refractivity contribution in [3.05, 3.63) is 90.8 Å². The van der Waals surface area contributed by atoms with Crippen molar-refractivity contribution >= 4 is 11.9 Å². The third-order valence-electron chi connectivity index (χ3n) is 13.6. The van der Waals surface area contributed by atoms with E-state index in [-0.39, 0.29) is 31.6 Å². The second-order valence-corrected chi connectivity index (χ2v) is 19.8. The summed E-state index contributed by atoms with van der Waals surface area (Å²) in [5, 5.41) is 118. The molecule has 0 aromatic rings. The van der Waals surface area contributed by atoms with E-state index in [4.69, 9.17) is 35.2 Å². The van der Waals surface area contributed by atoms with E-state index in [2.05, 4.69) is 4.90 Å². The molecule has 0 saturated carbocycles. The zero-order valence-corrected chi connectivity index (χ0v) is 43.2. The summed E-state index contributed by atoms with van der Waals surface area (Å²) >= 11 is 0. The fraction of sp³-hybridized carbons (Fsp3) is 0.698. The van der Waals surface area contributed by atoms with E-state index < -0.39 is 147 Å². The number of carboxylic acids is 1. The summed E-state index contributed by atoms with van der Waals surface area (Å²) in [7, 11) is 0. The molecular formula is C53H86N3O18-. The van der Waals surface area contributed by atoms with Crippen LogP contribution in [-0.4, -0.2) is 210 Å². The summed E-state index contributed by atoms with van der Waals surface area (Å²) in [6.45, 7) is 11.9. The minimum absolute atomic E-state index is 0.107. The fourth-order valence-corrected chi connectivity index (χ4v) is 8.95. The van der Waals surface area contributed by atoms with Crippen LogP contribution in [0.1, 0.15) is 79.1 Å². The molecule has 21 heteroatoms. The van der Waals surface area contributed by atoms with Gasteiger partial charge in [-0.25, -0.2) is 0 Å². The molecule has 4 heterocycles. The molecule has 422 valence electrons. The van der Waals surface area contributed by atoms with Crippen LogP contribution in [0.2, 0.25) is 0 Å². The number of ether oxygens (including phenoxy) is 5. The molecule has 19 atom stereocenters. The van der Waals surface area contributed by atoms with Crippen molar-refractivity contribution in [2.24, 2.45) is 23.5 Å². The lowest BCUT2D eigenvalue weighted by atomic mass is 9.82. The van der Waals surface area contributed by atoms with Crippen LogP contribution >= 0.6 is 0 Å². The normalized spacial score (nSPS) is 42.7. The predicted molar refractivity (Wildman–Crippen MR) is 273 cm³/mol. The Morgan fingerprint density at radius 2 is 1.30 bits per heavy atom. The van der Waals surface area contributed by atoms with Crippen LogP contribution in [0.5, 0.6) is 0 Å². The highest BCUT2D eigenvalue weighted by molar-refractivity contribution is 5.71. The molecule has 14 N–H and O–H groups in total. The summed E-state index contributed by atoms with van der Waals surface area (Å²) in [4.78, 5) is 27.3. The van der Waals surface area contributed by atoms with Gasteiger partial charge >= 0.3 is 11.9 Å². The third kappa shape index (κ3) is 23.0. The molecule has 2 bridgehead atoms. The molecule has 0 aliphatic carbocycles. The van der Waals surface area contributed by atoms with E-state index in [0.717, 1.165) is 32.8 Å². The van der Waals surface area contributed by atoms with Gasteiger partial charge < -0.3 is 96.2 Å². The Morgan fingerprint density at radius 3 is 1.88 bits per heavy atom. The minimum atomic E-state index is -2.33. The molecule has 0 aromatic carbocycles. The van der Waals surface area contributed by atoms with Crippen molar-refractivity contribution < 1.29 is 89.4 Å². The highest BCUT2D eigenvalue weighted by atomic mass is 16.7. The van der Waals surface area contributed by atoms with Gasteiger partial charge in [0.2, 0.25) is 0 Å². The number of esters is 1. The lowest BCUT2D eigenvalue weighted by molar-refractivity contribution is -0.308. The average molecular weight is 1050 g/mol. The van der Waals surface area contributed by atoms with Gasteiger partial charge in [-0.3, -0.25) is 9.59 Å². The summed E-state index contributed by atoms with van der Waals surface area (Å²) in [5.74, 6) is -6.83. The van der Waals surface area contributed by atoms with Gasteiger partial charge in [0.1, 0.15) is 18.1 Å². The maximum absolute atomic E-state index is 12.6. The Kier molecular flexibility index (Phi) is 29.4. The maximum Gasteiger partial charge on any atom is 0.311 e.